The van der Waals surface area contributed by atoms with Crippen LogP contribution in [0.4, 0.5) is 0 Å². The Kier molecular flexibility index (Phi) is 4.18. The predicted molar refractivity (Wildman–Crippen MR) is 87.0 cm³/mol. The third-order valence-electron chi connectivity index (χ3n) is 5.02. The van der Waals surface area contributed by atoms with Crippen LogP contribution in [0.25, 0.3) is 0 Å². The van der Waals surface area contributed by atoms with Crippen molar-refractivity contribution >= 4 is 11.9 Å². The van der Waals surface area contributed by atoms with Crippen LogP contribution in [0.1, 0.15) is 25.3 Å². The van der Waals surface area contributed by atoms with Crippen LogP contribution >= 0.6 is 0 Å². The summed E-state index contributed by atoms with van der Waals surface area (Å²) < 4.78 is 5.71. The van der Waals surface area contributed by atoms with Crippen LogP contribution in [-0.4, -0.2) is 22.2 Å². The molecule has 0 bridgehead atoms. The van der Waals surface area contributed by atoms with Crippen LogP contribution in [0.3, 0.4) is 0 Å². The zero-order valence-electron chi connectivity index (χ0n) is 13.4. The highest BCUT2D eigenvalue weighted by molar-refractivity contribution is 5.92. The first-order valence-electron chi connectivity index (χ1n) is 8.03. The van der Waals surface area contributed by atoms with E-state index in [9.17, 15) is 19.8 Å². The molecule has 0 amide bonds. The second-order valence-electron chi connectivity index (χ2n) is 6.42. The van der Waals surface area contributed by atoms with Gasteiger partial charge in [0.2, 0.25) is 0 Å². The van der Waals surface area contributed by atoms with E-state index in [1.165, 1.54) is 6.08 Å². The number of benzene rings is 1. The monoisotopic (exact) mass is 328 g/mol. The smallest absolute Gasteiger partial charge is 0.335 e. The Bertz CT molecular complexity index is 715. The van der Waals surface area contributed by atoms with Crippen molar-refractivity contribution in [1.29, 1.82) is 0 Å². The molecule has 2 aliphatic carbocycles. The molecule has 5 nitrogen and oxygen atoms in total. The minimum Gasteiger partial charge on any atom is -0.488 e. The van der Waals surface area contributed by atoms with Gasteiger partial charge in [-0.1, -0.05) is 43.3 Å². The number of carboxylic acids is 2. The summed E-state index contributed by atoms with van der Waals surface area (Å²) in [4.78, 5) is 23.7. The van der Waals surface area contributed by atoms with Gasteiger partial charge in [0.25, 0.3) is 0 Å². The second-order valence-corrected chi connectivity index (χ2v) is 6.42. The number of hydrogen-bond donors (Lipinski definition) is 2. The van der Waals surface area contributed by atoms with Gasteiger partial charge in [-0.15, -0.1) is 0 Å². The molecule has 24 heavy (non-hydrogen) atoms. The van der Waals surface area contributed by atoms with E-state index in [1.807, 2.05) is 30.3 Å². The molecule has 0 radical (unpaired) electrons. The van der Waals surface area contributed by atoms with Gasteiger partial charge in [-0.25, -0.2) is 4.79 Å². The molecule has 0 spiro atoms. The van der Waals surface area contributed by atoms with Crippen molar-refractivity contribution in [3.63, 3.8) is 0 Å². The summed E-state index contributed by atoms with van der Waals surface area (Å²) in [5.74, 6) is -2.49. The SMILES string of the molecule is CC1C(C(=O)O)=C(OCc2ccccc2)C=CC1(C(=O)O)C1CC1. The summed E-state index contributed by atoms with van der Waals surface area (Å²) in [5.41, 5.74) is -0.177. The van der Waals surface area contributed by atoms with E-state index in [2.05, 4.69) is 0 Å². The summed E-state index contributed by atoms with van der Waals surface area (Å²) >= 11 is 0. The lowest BCUT2D eigenvalue weighted by molar-refractivity contribution is -0.150. The average Bonchev–Trinajstić information content (AvgIpc) is 3.38. The fourth-order valence-corrected chi connectivity index (χ4v) is 3.53. The Morgan fingerprint density at radius 1 is 1.21 bits per heavy atom. The van der Waals surface area contributed by atoms with E-state index < -0.39 is 23.3 Å². The first-order valence-corrected chi connectivity index (χ1v) is 8.03. The lowest BCUT2D eigenvalue weighted by Crippen LogP contribution is -2.42. The van der Waals surface area contributed by atoms with Crippen LogP contribution in [0.15, 0.2) is 53.8 Å². The van der Waals surface area contributed by atoms with Gasteiger partial charge in [-0.05, 0) is 30.4 Å². The minimum absolute atomic E-state index is 0.00808. The molecule has 2 atom stereocenters. The quantitative estimate of drug-likeness (QED) is 0.837. The molecule has 126 valence electrons. The van der Waals surface area contributed by atoms with E-state index in [0.717, 1.165) is 18.4 Å². The van der Waals surface area contributed by atoms with Gasteiger partial charge in [0.15, 0.2) is 0 Å². The first-order chi connectivity index (χ1) is 11.5. The first kappa shape index (κ1) is 16.3. The van der Waals surface area contributed by atoms with Crippen molar-refractivity contribution in [1.82, 2.24) is 0 Å². The van der Waals surface area contributed by atoms with Crippen molar-refractivity contribution in [2.24, 2.45) is 17.3 Å². The van der Waals surface area contributed by atoms with Gasteiger partial charge in [-0.3, -0.25) is 4.79 Å². The third-order valence-corrected chi connectivity index (χ3v) is 5.02. The zero-order chi connectivity index (χ0) is 17.3. The van der Waals surface area contributed by atoms with Gasteiger partial charge in [0.05, 0.1) is 11.0 Å². The highest BCUT2D eigenvalue weighted by Crippen LogP contribution is 2.55. The Hall–Kier alpha value is -2.56. The molecule has 3 rings (SSSR count). The topological polar surface area (TPSA) is 83.8 Å². The minimum atomic E-state index is -1.15. The fraction of sp³-hybridized carbons (Fsp3) is 0.368. The number of hydrogen-bond acceptors (Lipinski definition) is 3. The van der Waals surface area contributed by atoms with Crippen molar-refractivity contribution in [2.45, 2.75) is 26.4 Å². The van der Waals surface area contributed by atoms with Gasteiger partial charge in [-0.2, -0.15) is 0 Å². The highest BCUT2D eigenvalue weighted by atomic mass is 16.5. The van der Waals surface area contributed by atoms with Gasteiger partial charge < -0.3 is 14.9 Å². The second kappa shape index (κ2) is 6.15. The van der Waals surface area contributed by atoms with E-state index in [-0.39, 0.29) is 23.9 Å². The van der Waals surface area contributed by atoms with Crippen LogP contribution in [0.5, 0.6) is 0 Å². The van der Waals surface area contributed by atoms with Crippen molar-refractivity contribution in [2.75, 3.05) is 0 Å². The number of ether oxygens (including phenoxy) is 1. The standard InChI is InChI=1S/C19H20O5/c1-12-16(17(20)21)15(24-11-13-5-3-2-4-6-13)9-10-19(12,18(22)23)14-7-8-14/h2-6,9-10,12,14H,7-8,11H2,1H3,(H,20,21)(H,22,23). The zero-order valence-corrected chi connectivity index (χ0v) is 13.4. The van der Waals surface area contributed by atoms with E-state index in [1.54, 1.807) is 13.0 Å². The molecule has 0 aliphatic heterocycles. The highest BCUT2D eigenvalue weighted by Gasteiger charge is 2.56. The molecule has 1 aromatic rings. The molecule has 2 aliphatic rings. The van der Waals surface area contributed by atoms with Crippen LogP contribution in [-0.2, 0) is 20.9 Å². The number of aliphatic carboxylic acids is 2. The van der Waals surface area contributed by atoms with Crippen LogP contribution in [0.2, 0.25) is 0 Å². The maximum atomic E-state index is 11.9. The molecule has 0 heterocycles. The molecule has 0 saturated heterocycles. The molecular weight excluding hydrogens is 308 g/mol. The van der Waals surface area contributed by atoms with Crippen molar-refractivity contribution in [3.8, 4) is 0 Å². The number of carbonyl (C=O) groups is 2. The van der Waals surface area contributed by atoms with Gasteiger partial charge in [0.1, 0.15) is 12.4 Å². The number of carboxylic acid groups (broad SMARTS) is 2. The Labute approximate surface area is 140 Å². The number of rotatable bonds is 6. The maximum Gasteiger partial charge on any atom is 0.335 e. The summed E-state index contributed by atoms with van der Waals surface area (Å²) in [7, 11) is 0. The summed E-state index contributed by atoms with van der Waals surface area (Å²) in [6.45, 7) is 1.92. The Balaban J connectivity index is 1.90. The largest absolute Gasteiger partial charge is 0.488 e. The van der Waals surface area contributed by atoms with E-state index in [4.69, 9.17) is 4.74 Å². The van der Waals surface area contributed by atoms with Gasteiger partial charge in [0, 0.05) is 5.92 Å². The summed E-state index contributed by atoms with van der Waals surface area (Å²) in [6.07, 6.45) is 4.78. The van der Waals surface area contributed by atoms with Gasteiger partial charge >= 0.3 is 11.9 Å². The lowest BCUT2D eigenvalue weighted by Gasteiger charge is -2.36. The normalized spacial score (nSPS) is 26.3. The predicted octanol–water partition coefficient (Wildman–Crippen LogP) is 3.23. The molecule has 1 aromatic carbocycles. The van der Waals surface area contributed by atoms with Crippen LogP contribution in [0, 0.1) is 17.3 Å². The Morgan fingerprint density at radius 2 is 1.88 bits per heavy atom. The molecule has 2 unspecified atom stereocenters. The van der Waals surface area contributed by atoms with Crippen molar-refractivity contribution in [3.05, 3.63) is 59.4 Å². The van der Waals surface area contributed by atoms with Crippen molar-refractivity contribution < 1.29 is 24.5 Å². The van der Waals surface area contributed by atoms with Crippen LogP contribution < -0.4 is 0 Å². The van der Waals surface area contributed by atoms with E-state index >= 15 is 0 Å². The molecular formula is C19H20O5. The van der Waals surface area contributed by atoms with E-state index in [0.29, 0.717) is 0 Å². The molecule has 0 aromatic heterocycles. The molecule has 5 heteroatoms. The molecule has 1 saturated carbocycles. The fourth-order valence-electron chi connectivity index (χ4n) is 3.53. The Morgan fingerprint density at radius 3 is 2.42 bits per heavy atom. The average molecular weight is 328 g/mol. The summed E-state index contributed by atoms with van der Waals surface area (Å²) in [5, 5.41) is 19.4. The number of allylic oxidation sites excluding steroid dienone is 1. The maximum absolute atomic E-state index is 11.9. The molecule has 2 N–H and O–H groups in total. The summed E-state index contributed by atoms with van der Waals surface area (Å²) in [6, 6.07) is 9.44. The third kappa shape index (κ3) is 2.70. The lowest BCUT2D eigenvalue weighted by atomic mass is 9.66. The molecule has 1 fully saturated rings.